The van der Waals surface area contributed by atoms with Gasteiger partial charge in [-0.1, -0.05) is 15.9 Å². The second kappa shape index (κ2) is 8.94. The topological polar surface area (TPSA) is 58.6 Å². The molecule has 0 bridgehead atoms. The minimum absolute atomic E-state index is 0.0294. The molecular weight excluding hydrogens is 298 g/mol. The van der Waals surface area contributed by atoms with E-state index in [1.807, 2.05) is 12.1 Å². The van der Waals surface area contributed by atoms with E-state index in [0.29, 0.717) is 12.3 Å². The standard InChI is InChI=1S/C13H18BrNO3/c14-11-4-6-12(7-5-11)18-10-13(17)15-8-2-1-3-9-16/h4-7,16H,1-3,8-10H2,(H,15,17). The third kappa shape index (κ3) is 6.61. The van der Waals surface area contributed by atoms with Gasteiger partial charge < -0.3 is 15.2 Å². The van der Waals surface area contributed by atoms with E-state index in [4.69, 9.17) is 9.84 Å². The van der Waals surface area contributed by atoms with Gasteiger partial charge in [-0.25, -0.2) is 0 Å². The van der Waals surface area contributed by atoms with Gasteiger partial charge in [0.15, 0.2) is 6.61 Å². The Hall–Kier alpha value is -1.07. The molecule has 1 aromatic rings. The predicted octanol–water partition coefficient (Wildman–Crippen LogP) is 2.11. The molecule has 100 valence electrons. The minimum Gasteiger partial charge on any atom is -0.484 e. The lowest BCUT2D eigenvalue weighted by atomic mass is 10.2. The van der Waals surface area contributed by atoms with Crippen LogP contribution >= 0.6 is 15.9 Å². The van der Waals surface area contributed by atoms with Crippen LogP contribution in [-0.4, -0.2) is 30.8 Å². The molecular formula is C13H18BrNO3. The van der Waals surface area contributed by atoms with Gasteiger partial charge in [0.05, 0.1) is 0 Å². The van der Waals surface area contributed by atoms with Crippen LogP contribution in [0.4, 0.5) is 0 Å². The highest BCUT2D eigenvalue weighted by Gasteiger charge is 2.01. The minimum atomic E-state index is -0.123. The maximum Gasteiger partial charge on any atom is 0.257 e. The quantitative estimate of drug-likeness (QED) is 0.722. The molecule has 18 heavy (non-hydrogen) atoms. The van der Waals surface area contributed by atoms with Crippen molar-refractivity contribution < 1.29 is 14.6 Å². The van der Waals surface area contributed by atoms with Gasteiger partial charge in [0.25, 0.3) is 5.91 Å². The average molecular weight is 316 g/mol. The molecule has 4 nitrogen and oxygen atoms in total. The molecule has 1 rings (SSSR count). The molecule has 0 fully saturated rings. The lowest BCUT2D eigenvalue weighted by Gasteiger charge is -2.07. The Morgan fingerprint density at radius 2 is 1.94 bits per heavy atom. The number of ether oxygens (including phenoxy) is 1. The van der Waals surface area contributed by atoms with Crippen LogP contribution < -0.4 is 10.1 Å². The van der Waals surface area contributed by atoms with E-state index >= 15 is 0 Å². The molecule has 5 heteroatoms. The number of rotatable bonds is 8. The zero-order chi connectivity index (χ0) is 13.2. The Bertz CT molecular complexity index is 354. The van der Waals surface area contributed by atoms with Gasteiger partial charge in [-0.15, -0.1) is 0 Å². The van der Waals surface area contributed by atoms with Crippen molar-refractivity contribution in [2.24, 2.45) is 0 Å². The smallest absolute Gasteiger partial charge is 0.257 e. The van der Waals surface area contributed by atoms with Crippen LogP contribution in [0.15, 0.2) is 28.7 Å². The van der Waals surface area contributed by atoms with Crippen LogP contribution in [0, 0.1) is 0 Å². The summed E-state index contributed by atoms with van der Waals surface area (Å²) < 4.78 is 6.30. The second-order valence-electron chi connectivity index (χ2n) is 3.88. The molecule has 0 aliphatic carbocycles. The summed E-state index contributed by atoms with van der Waals surface area (Å²) in [7, 11) is 0. The van der Waals surface area contributed by atoms with Crippen molar-refractivity contribution in [1.29, 1.82) is 0 Å². The number of amides is 1. The number of carbonyl (C=O) groups is 1. The monoisotopic (exact) mass is 315 g/mol. The first-order valence-electron chi connectivity index (χ1n) is 5.98. The van der Waals surface area contributed by atoms with Gasteiger partial charge in [0.2, 0.25) is 0 Å². The highest BCUT2D eigenvalue weighted by Crippen LogP contribution is 2.15. The Kier molecular flexibility index (Phi) is 7.44. The van der Waals surface area contributed by atoms with Crippen LogP contribution in [-0.2, 0) is 4.79 Å². The summed E-state index contributed by atoms with van der Waals surface area (Å²) in [4.78, 5) is 11.4. The fourth-order valence-electron chi connectivity index (χ4n) is 1.37. The first-order valence-corrected chi connectivity index (χ1v) is 6.77. The number of unbranched alkanes of at least 4 members (excludes halogenated alkanes) is 2. The van der Waals surface area contributed by atoms with Gasteiger partial charge in [-0.3, -0.25) is 4.79 Å². The summed E-state index contributed by atoms with van der Waals surface area (Å²) in [5.74, 6) is 0.551. The molecule has 0 saturated carbocycles. The maximum absolute atomic E-state index is 11.4. The molecule has 2 N–H and O–H groups in total. The molecule has 0 aliphatic rings. The molecule has 0 spiro atoms. The molecule has 0 aromatic heterocycles. The summed E-state index contributed by atoms with van der Waals surface area (Å²) in [5, 5.41) is 11.4. The third-order valence-corrected chi connectivity index (χ3v) is 2.87. The Morgan fingerprint density at radius 1 is 1.22 bits per heavy atom. The fourth-order valence-corrected chi connectivity index (χ4v) is 1.64. The van der Waals surface area contributed by atoms with Crippen LogP contribution in [0.25, 0.3) is 0 Å². The molecule has 0 saturated heterocycles. The van der Waals surface area contributed by atoms with Gasteiger partial charge in [0.1, 0.15) is 5.75 Å². The van der Waals surface area contributed by atoms with E-state index in [0.717, 1.165) is 23.7 Å². The largest absolute Gasteiger partial charge is 0.484 e. The third-order valence-electron chi connectivity index (χ3n) is 2.34. The van der Waals surface area contributed by atoms with Crippen LogP contribution in [0.1, 0.15) is 19.3 Å². The van der Waals surface area contributed by atoms with Crippen molar-refractivity contribution in [3.63, 3.8) is 0 Å². The highest BCUT2D eigenvalue weighted by molar-refractivity contribution is 9.10. The van der Waals surface area contributed by atoms with E-state index in [2.05, 4.69) is 21.2 Å². The van der Waals surface area contributed by atoms with Crippen molar-refractivity contribution >= 4 is 21.8 Å². The van der Waals surface area contributed by atoms with Gasteiger partial charge in [0, 0.05) is 17.6 Å². The molecule has 0 atom stereocenters. The van der Waals surface area contributed by atoms with Crippen LogP contribution in [0.5, 0.6) is 5.75 Å². The highest BCUT2D eigenvalue weighted by atomic mass is 79.9. The summed E-state index contributed by atoms with van der Waals surface area (Å²) in [5.41, 5.74) is 0. The molecule has 1 aromatic carbocycles. The van der Waals surface area contributed by atoms with E-state index < -0.39 is 0 Å². The summed E-state index contributed by atoms with van der Waals surface area (Å²) in [6, 6.07) is 7.33. The zero-order valence-electron chi connectivity index (χ0n) is 10.2. The van der Waals surface area contributed by atoms with Crippen molar-refractivity contribution in [3.8, 4) is 5.75 Å². The van der Waals surface area contributed by atoms with E-state index in [9.17, 15) is 4.79 Å². The zero-order valence-corrected chi connectivity index (χ0v) is 11.8. The Labute approximate surface area is 115 Å². The molecule has 0 heterocycles. The number of carbonyl (C=O) groups excluding carboxylic acids is 1. The normalized spacial score (nSPS) is 10.1. The van der Waals surface area contributed by atoms with E-state index in [1.165, 1.54) is 0 Å². The number of hydrogen-bond donors (Lipinski definition) is 2. The lowest BCUT2D eigenvalue weighted by molar-refractivity contribution is -0.123. The van der Waals surface area contributed by atoms with E-state index in [1.54, 1.807) is 12.1 Å². The van der Waals surface area contributed by atoms with Crippen LogP contribution in [0.2, 0.25) is 0 Å². The molecule has 0 aliphatic heterocycles. The first kappa shape index (κ1) is 15.0. The van der Waals surface area contributed by atoms with Gasteiger partial charge in [-0.2, -0.15) is 0 Å². The predicted molar refractivity (Wildman–Crippen MR) is 73.6 cm³/mol. The number of nitrogens with one attached hydrogen (secondary N) is 1. The van der Waals surface area contributed by atoms with E-state index in [-0.39, 0.29) is 19.1 Å². The molecule has 0 unspecified atom stereocenters. The Morgan fingerprint density at radius 3 is 2.61 bits per heavy atom. The number of aliphatic hydroxyl groups is 1. The van der Waals surface area contributed by atoms with Gasteiger partial charge in [-0.05, 0) is 43.5 Å². The fraction of sp³-hybridized carbons (Fsp3) is 0.462. The van der Waals surface area contributed by atoms with Crippen LogP contribution in [0.3, 0.4) is 0 Å². The van der Waals surface area contributed by atoms with Crippen molar-refractivity contribution in [2.75, 3.05) is 19.8 Å². The first-order chi connectivity index (χ1) is 8.72. The van der Waals surface area contributed by atoms with Crippen molar-refractivity contribution in [1.82, 2.24) is 5.32 Å². The van der Waals surface area contributed by atoms with Crippen molar-refractivity contribution in [3.05, 3.63) is 28.7 Å². The van der Waals surface area contributed by atoms with Crippen molar-refractivity contribution in [2.45, 2.75) is 19.3 Å². The number of benzene rings is 1. The second-order valence-corrected chi connectivity index (χ2v) is 4.79. The molecule has 1 amide bonds. The summed E-state index contributed by atoms with van der Waals surface area (Å²) >= 11 is 3.33. The molecule has 0 radical (unpaired) electrons. The Balaban J connectivity index is 2.11. The SMILES string of the molecule is O=C(COc1ccc(Br)cc1)NCCCCCO. The summed E-state index contributed by atoms with van der Waals surface area (Å²) in [6.45, 7) is 0.866. The maximum atomic E-state index is 11.4. The number of aliphatic hydroxyl groups excluding tert-OH is 1. The number of halogens is 1. The average Bonchev–Trinajstić information content (AvgIpc) is 2.38. The number of hydrogen-bond acceptors (Lipinski definition) is 3. The lowest BCUT2D eigenvalue weighted by Crippen LogP contribution is -2.29. The van der Waals surface area contributed by atoms with Gasteiger partial charge >= 0.3 is 0 Å². The summed E-state index contributed by atoms with van der Waals surface area (Å²) in [6.07, 6.45) is 2.58.